The molecule has 0 saturated heterocycles. The molecule has 3 unspecified atom stereocenters. The lowest BCUT2D eigenvalue weighted by atomic mass is 9.76. The Balaban J connectivity index is 1.63. The van der Waals surface area contributed by atoms with E-state index in [1.54, 1.807) is 0 Å². The molecule has 1 aliphatic heterocycles. The monoisotopic (exact) mass is 380 g/mol. The van der Waals surface area contributed by atoms with Crippen molar-refractivity contribution in [3.05, 3.63) is 76.3 Å². The van der Waals surface area contributed by atoms with Gasteiger partial charge < -0.3 is 10.6 Å². The van der Waals surface area contributed by atoms with Crippen LogP contribution in [0, 0.1) is 5.92 Å². The smallest absolute Gasteiger partial charge is 0.251 e. The van der Waals surface area contributed by atoms with Crippen molar-refractivity contribution in [1.29, 1.82) is 0 Å². The highest BCUT2D eigenvalue weighted by Gasteiger charge is 2.38. The van der Waals surface area contributed by atoms with Gasteiger partial charge >= 0.3 is 0 Å². The fraction of sp³-hybridized carbons (Fsp3) is 0.348. The molecule has 4 heteroatoms. The summed E-state index contributed by atoms with van der Waals surface area (Å²) < 4.78 is 0. The van der Waals surface area contributed by atoms with Crippen LogP contribution in [0.5, 0.6) is 0 Å². The number of nitrogens with one attached hydrogen (secondary N) is 2. The topological polar surface area (TPSA) is 41.1 Å². The molecule has 0 fully saturated rings. The van der Waals surface area contributed by atoms with Crippen LogP contribution < -0.4 is 10.6 Å². The number of fused-ring (bicyclic) bond motifs is 3. The van der Waals surface area contributed by atoms with E-state index in [2.05, 4.69) is 47.9 Å². The number of hydrogen-bond acceptors (Lipinski definition) is 2. The number of carbonyl (C=O) groups is 1. The number of hydrogen-bond donors (Lipinski definition) is 2. The highest BCUT2D eigenvalue weighted by atomic mass is 35.5. The minimum absolute atomic E-state index is 0.0155. The Hall–Kier alpha value is -2.26. The molecule has 2 aromatic rings. The van der Waals surface area contributed by atoms with Crippen molar-refractivity contribution in [2.75, 3.05) is 11.9 Å². The Kier molecular flexibility index (Phi) is 5.22. The van der Waals surface area contributed by atoms with E-state index >= 15 is 0 Å². The second-order valence-corrected chi connectivity index (χ2v) is 7.88. The van der Waals surface area contributed by atoms with Crippen LogP contribution in [0.1, 0.15) is 59.6 Å². The largest absolute Gasteiger partial charge is 0.378 e. The van der Waals surface area contributed by atoms with Gasteiger partial charge in [-0.2, -0.15) is 0 Å². The molecular weight excluding hydrogens is 356 g/mol. The van der Waals surface area contributed by atoms with Gasteiger partial charge in [0, 0.05) is 28.7 Å². The second kappa shape index (κ2) is 7.77. The third-order valence-corrected chi connectivity index (χ3v) is 5.88. The molecule has 0 aromatic heterocycles. The fourth-order valence-corrected chi connectivity index (χ4v) is 4.45. The highest BCUT2D eigenvalue weighted by molar-refractivity contribution is 6.30. The van der Waals surface area contributed by atoms with Crippen LogP contribution in [-0.2, 0) is 0 Å². The van der Waals surface area contributed by atoms with Crippen molar-refractivity contribution < 1.29 is 4.79 Å². The molecule has 2 aromatic carbocycles. The average Bonchev–Trinajstić information content (AvgIpc) is 3.17. The number of halogens is 1. The van der Waals surface area contributed by atoms with Crippen LogP contribution in [0.2, 0.25) is 5.02 Å². The highest BCUT2D eigenvalue weighted by Crippen LogP contribution is 2.50. The summed E-state index contributed by atoms with van der Waals surface area (Å²) in [6.45, 7) is 2.85. The maximum atomic E-state index is 12.5. The van der Waals surface area contributed by atoms with Gasteiger partial charge in [-0.05, 0) is 60.2 Å². The molecular formula is C23H25ClN2O. The zero-order valence-electron chi connectivity index (χ0n) is 15.5. The van der Waals surface area contributed by atoms with E-state index in [9.17, 15) is 4.79 Å². The predicted octanol–water partition coefficient (Wildman–Crippen LogP) is 5.70. The van der Waals surface area contributed by atoms with Gasteiger partial charge in [-0.15, -0.1) is 0 Å². The normalized spacial score (nSPS) is 22.7. The van der Waals surface area contributed by atoms with Crippen LogP contribution in [0.4, 0.5) is 5.69 Å². The molecule has 2 aliphatic rings. The van der Waals surface area contributed by atoms with Crippen LogP contribution in [-0.4, -0.2) is 12.5 Å². The third-order valence-electron chi connectivity index (χ3n) is 5.65. The molecule has 0 bridgehead atoms. The molecule has 1 heterocycles. The van der Waals surface area contributed by atoms with Crippen molar-refractivity contribution >= 4 is 23.2 Å². The lowest BCUT2D eigenvalue weighted by Gasteiger charge is -2.37. The molecule has 3 nitrogen and oxygen atoms in total. The van der Waals surface area contributed by atoms with Crippen LogP contribution >= 0.6 is 11.6 Å². The summed E-state index contributed by atoms with van der Waals surface area (Å²) in [6.07, 6.45) is 7.67. The van der Waals surface area contributed by atoms with Gasteiger partial charge in [0.2, 0.25) is 0 Å². The van der Waals surface area contributed by atoms with E-state index in [1.165, 1.54) is 11.1 Å². The Morgan fingerprint density at radius 1 is 1.26 bits per heavy atom. The maximum absolute atomic E-state index is 12.5. The van der Waals surface area contributed by atoms with Crippen molar-refractivity contribution in [2.45, 2.75) is 38.1 Å². The Labute approximate surface area is 165 Å². The van der Waals surface area contributed by atoms with Crippen molar-refractivity contribution in [2.24, 2.45) is 5.92 Å². The molecule has 0 saturated carbocycles. The van der Waals surface area contributed by atoms with E-state index in [4.69, 9.17) is 11.6 Å². The number of carbonyl (C=O) groups excluding carboxylic acids is 1. The molecule has 1 aliphatic carbocycles. The maximum Gasteiger partial charge on any atom is 0.251 e. The van der Waals surface area contributed by atoms with Crippen molar-refractivity contribution in [1.82, 2.24) is 5.32 Å². The first-order valence-electron chi connectivity index (χ1n) is 9.78. The summed E-state index contributed by atoms with van der Waals surface area (Å²) in [5.41, 5.74) is 4.29. The summed E-state index contributed by atoms with van der Waals surface area (Å²) in [7, 11) is 0. The second-order valence-electron chi connectivity index (χ2n) is 7.44. The van der Waals surface area contributed by atoms with Gasteiger partial charge in [0.15, 0.2) is 0 Å². The number of allylic oxidation sites excluding steroid dienone is 2. The zero-order chi connectivity index (χ0) is 18.8. The van der Waals surface area contributed by atoms with Gasteiger partial charge in [-0.25, -0.2) is 0 Å². The number of rotatable bonds is 5. The van der Waals surface area contributed by atoms with E-state index in [0.29, 0.717) is 11.8 Å². The third kappa shape index (κ3) is 3.61. The van der Waals surface area contributed by atoms with E-state index in [1.807, 2.05) is 24.3 Å². The summed E-state index contributed by atoms with van der Waals surface area (Å²) in [6, 6.07) is 14.4. The summed E-state index contributed by atoms with van der Waals surface area (Å²) >= 11 is 6.23. The summed E-state index contributed by atoms with van der Waals surface area (Å²) in [5.74, 6) is 0.782. The average molecular weight is 381 g/mol. The minimum Gasteiger partial charge on any atom is -0.378 e. The van der Waals surface area contributed by atoms with Gasteiger partial charge in [-0.3, -0.25) is 4.79 Å². The molecule has 140 valence electrons. The first-order chi connectivity index (χ1) is 13.2. The van der Waals surface area contributed by atoms with Gasteiger partial charge in [-0.1, -0.05) is 49.2 Å². The van der Waals surface area contributed by atoms with E-state index < -0.39 is 0 Å². The van der Waals surface area contributed by atoms with Gasteiger partial charge in [0.25, 0.3) is 5.91 Å². The van der Waals surface area contributed by atoms with Crippen molar-refractivity contribution in [3.63, 3.8) is 0 Å². The minimum atomic E-state index is 0.0155. The molecule has 4 rings (SSSR count). The number of benzene rings is 2. The lowest BCUT2D eigenvalue weighted by molar-refractivity contribution is 0.0953. The molecule has 3 atom stereocenters. The van der Waals surface area contributed by atoms with Crippen molar-refractivity contribution in [3.8, 4) is 0 Å². The van der Waals surface area contributed by atoms with Gasteiger partial charge in [0.05, 0.1) is 6.04 Å². The molecule has 0 radical (unpaired) electrons. The van der Waals surface area contributed by atoms with Gasteiger partial charge in [0.1, 0.15) is 0 Å². The van der Waals surface area contributed by atoms with E-state index in [-0.39, 0.29) is 11.9 Å². The summed E-state index contributed by atoms with van der Waals surface area (Å²) in [4.78, 5) is 12.5. The molecule has 27 heavy (non-hydrogen) atoms. The quantitative estimate of drug-likeness (QED) is 0.516. The Bertz CT molecular complexity index is 876. The zero-order valence-corrected chi connectivity index (χ0v) is 16.3. The van der Waals surface area contributed by atoms with Crippen LogP contribution in [0.3, 0.4) is 0 Å². The SMILES string of the molecule is CCCCNC(=O)c1ccc2c(c1)C1C=CCC1C(c1cccc(Cl)c1)N2. The van der Waals surface area contributed by atoms with Crippen LogP contribution in [0.25, 0.3) is 0 Å². The predicted molar refractivity (Wildman–Crippen MR) is 111 cm³/mol. The lowest BCUT2D eigenvalue weighted by Crippen LogP contribution is -2.30. The standard InChI is InChI=1S/C23H25ClN2O/c1-2-3-12-25-23(27)16-10-11-21-20(14-16)18-8-5-9-19(18)22(26-21)15-6-4-7-17(24)13-15/h4-8,10-11,13-14,18-19,22,26H,2-3,9,12H2,1H3,(H,25,27). The Morgan fingerprint density at radius 3 is 2.96 bits per heavy atom. The number of amides is 1. The number of unbranched alkanes of at least 4 members (excludes halogenated alkanes) is 1. The first kappa shape index (κ1) is 18.1. The van der Waals surface area contributed by atoms with E-state index in [0.717, 1.165) is 42.1 Å². The Morgan fingerprint density at radius 2 is 2.15 bits per heavy atom. The first-order valence-corrected chi connectivity index (χ1v) is 10.2. The molecule has 0 spiro atoms. The fourth-order valence-electron chi connectivity index (χ4n) is 4.25. The molecule has 2 N–H and O–H groups in total. The number of anilines is 1. The molecule has 1 amide bonds. The van der Waals surface area contributed by atoms with Crippen LogP contribution in [0.15, 0.2) is 54.6 Å². The summed E-state index contributed by atoms with van der Waals surface area (Å²) in [5, 5.41) is 7.48.